The summed E-state index contributed by atoms with van der Waals surface area (Å²) < 4.78 is 15.1. The molecule has 1 saturated carbocycles. The van der Waals surface area contributed by atoms with Gasteiger partial charge in [0.2, 0.25) is 5.43 Å². The van der Waals surface area contributed by atoms with E-state index in [0.717, 1.165) is 25.7 Å². The molecular formula is C18H22FN3O2. The highest BCUT2D eigenvalue weighted by molar-refractivity contribution is 5.95. The van der Waals surface area contributed by atoms with Gasteiger partial charge in [0.15, 0.2) is 5.69 Å². The van der Waals surface area contributed by atoms with Crippen LogP contribution < -0.4 is 10.7 Å². The van der Waals surface area contributed by atoms with Crippen LogP contribution >= 0.6 is 0 Å². The van der Waals surface area contributed by atoms with E-state index in [9.17, 15) is 14.0 Å². The predicted octanol–water partition coefficient (Wildman–Crippen LogP) is 3.01. The molecule has 1 aromatic heterocycles. The van der Waals surface area contributed by atoms with Gasteiger partial charge >= 0.3 is 0 Å². The average molecular weight is 331 g/mol. The molecule has 0 saturated heterocycles. The van der Waals surface area contributed by atoms with Gasteiger partial charge in [-0.1, -0.05) is 25.7 Å². The SMILES string of the molecule is CCn1nc(C(=O)NC2CCCCCC2)c(=O)c2cc(F)ccc21. The Hall–Kier alpha value is -2.24. The van der Waals surface area contributed by atoms with E-state index in [2.05, 4.69) is 10.4 Å². The smallest absolute Gasteiger partial charge is 0.276 e. The fourth-order valence-corrected chi connectivity index (χ4v) is 3.33. The third kappa shape index (κ3) is 3.32. The Kier molecular flexibility index (Phi) is 4.92. The van der Waals surface area contributed by atoms with Crippen molar-refractivity contribution in [2.24, 2.45) is 0 Å². The fraction of sp³-hybridized carbons (Fsp3) is 0.500. The zero-order chi connectivity index (χ0) is 17.1. The molecule has 1 aliphatic carbocycles. The first-order valence-corrected chi connectivity index (χ1v) is 8.61. The zero-order valence-electron chi connectivity index (χ0n) is 13.8. The lowest BCUT2D eigenvalue weighted by Crippen LogP contribution is -2.38. The maximum absolute atomic E-state index is 13.5. The fourth-order valence-electron chi connectivity index (χ4n) is 3.33. The number of fused-ring (bicyclic) bond motifs is 1. The highest BCUT2D eigenvalue weighted by atomic mass is 19.1. The van der Waals surface area contributed by atoms with Gasteiger partial charge in [-0.05, 0) is 38.0 Å². The normalized spacial score (nSPS) is 16.1. The Morgan fingerprint density at radius 1 is 1.29 bits per heavy atom. The molecule has 3 rings (SSSR count). The third-order valence-corrected chi connectivity index (χ3v) is 4.62. The summed E-state index contributed by atoms with van der Waals surface area (Å²) >= 11 is 0. The number of rotatable bonds is 3. The Bertz CT molecular complexity index is 808. The van der Waals surface area contributed by atoms with Crippen molar-refractivity contribution < 1.29 is 9.18 Å². The summed E-state index contributed by atoms with van der Waals surface area (Å²) in [6.45, 7) is 2.36. The number of aryl methyl sites for hydroxylation is 1. The topological polar surface area (TPSA) is 64.0 Å². The summed E-state index contributed by atoms with van der Waals surface area (Å²) in [6, 6.07) is 4.07. The van der Waals surface area contributed by atoms with Gasteiger partial charge in [-0.2, -0.15) is 5.10 Å². The van der Waals surface area contributed by atoms with Gasteiger partial charge in [-0.25, -0.2) is 4.39 Å². The van der Waals surface area contributed by atoms with Crippen molar-refractivity contribution in [3.8, 4) is 0 Å². The maximum atomic E-state index is 13.5. The van der Waals surface area contributed by atoms with Crippen molar-refractivity contribution >= 4 is 16.8 Å². The van der Waals surface area contributed by atoms with Gasteiger partial charge in [0.05, 0.1) is 10.9 Å². The van der Waals surface area contributed by atoms with Crippen LogP contribution in [0.4, 0.5) is 4.39 Å². The van der Waals surface area contributed by atoms with Crippen LogP contribution in [0.1, 0.15) is 55.9 Å². The van der Waals surface area contributed by atoms with Crippen LogP contribution in [0.15, 0.2) is 23.0 Å². The lowest BCUT2D eigenvalue weighted by atomic mass is 10.1. The molecule has 24 heavy (non-hydrogen) atoms. The van der Waals surface area contributed by atoms with Crippen molar-refractivity contribution in [2.45, 2.75) is 58.0 Å². The molecule has 128 valence electrons. The van der Waals surface area contributed by atoms with Crippen LogP contribution in [0.3, 0.4) is 0 Å². The maximum Gasteiger partial charge on any atom is 0.276 e. The molecule has 1 fully saturated rings. The van der Waals surface area contributed by atoms with E-state index < -0.39 is 17.2 Å². The number of benzene rings is 1. The standard InChI is InChI=1S/C18H22FN3O2/c1-2-22-15-10-9-12(19)11-14(15)17(23)16(21-22)18(24)20-13-7-5-3-4-6-8-13/h9-11,13H,2-8H2,1H3,(H,20,24). The second-order valence-corrected chi connectivity index (χ2v) is 6.32. The molecule has 1 amide bonds. The second-order valence-electron chi connectivity index (χ2n) is 6.32. The first-order chi connectivity index (χ1) is 11.6. The van der Waals surface area contributed by atoms with E-state index in [1.807, 2.05) is 6.92 Å². The summed E-state index contributed by atoms with van der Waals surface area (Å²) in [7, 11) is 0. The van der Waals surface area contributed by atoms with Gasteiger partial charge < -0.3 is 5.32 Å². The quantitative estimate of drug-likeness (QED) is 0.879. The highest BCUT2D eigenvalue weighted by Gasteiger charge is 2.21. The first kappa shape index (κ1) is 16.6. The molecule has 0 bridgehead atoms. The lowest BCUT2D eigenvalue weighted by molar-refractivity contribution is 0.0925. The molecule has 0 atom stereocenters. The lowest BCUT2D eigenvalue weighted by Gasteiger charge is -2.16. The molecule has 0 aliphatic heterocycles. The number of amides is 1. The molecule has 1 aromatic carbocycles. The number of nitrogens with zero attached hydrogens (tertiary/aromatic N) is 2. The van der Waals surface area contributed by atoms with Gasteiger partial charge in [0, 0.05) is 12.6 Å². The van der Waals surface area contributed by atoms with Crippen molar-refractivity contribution in [2.75, 3.05) is 0 Å². The summed E-state index contributed by atoms with van der Waals surface area (Å²) in [4.78, 5) is 25.2. The van der Waals surface area contributed by atoms with E-state index in [0.29, 0.717) is 12.1 Å². The van der Waals surface area contributed by atoms with E-state index in [1.54, 1.807) is 4.68 Å². The molecule has 5 nitrogen and oxygen atoms in total. The van der Waals surface area contributed by atoms with E-state index >= 15 is 0 Å². The number of halogens is 1. The third-order valence-electron chi connectivity index (χ3n) is 4.62. The summed E-state index contributed by atoms with van der Waals surface area (Å²) in [6.07, 6.45) is 6.39. The van der Waals surface area contributed by atoms with Crippen LogP contribution in [-0.2, 0) is 6.54 Å². The minimum Gasteiger partial charge on any atom is -0.348 e. The number of hydrogen-bond donors (Lipinski definition) is 1. The number of carbonyl (C=O) groups is 1. The highest BCUT2D eigenvalue weighted by Crippen LogP contribution is 2.18. The van der Waals surface area contributed by atoms with Crippen LogP contribution in [0.2, 0.25) is 0 Å². The van der Waals surface area contributed by atoms with E-state index in [4.69, 9.17) is 0 Å². The predicted molar refractivity (Wildman–Crippen MR) is 90.6 cm³/mol. The zero-order valence-corrected chi connectivity index (χ0v) is 13.8. The first-order valence-electron chi connectivity index (χ1n) is 8.61. The minimum absolute atomic E-state index is 0.0829. The van der Waals surface area contributed by atoms with Gasteiger partial charge in [0.1, 0.15) is 5.82 Å². The van der Waals surface area contributed by atoms with E-state index in [-0.39, 0.29) is 17.1 Å². The monoisotopic (exact) mass is 331 g/mol. The molecule has 1 aliphatic rings. The van der Waals surface area contributed by atoms with Crippen molar-refractivity contribution in [3.05, 3.63) is 39.9 Å². The molecule has 0 radical (unpaired) electrons. The molecule has 0 spiro atoms. The number of carbonyl (C=O) groups excluding carboxylic acids is 1. The molecular weight excluding hydrogens is 309 g/mol. The molecule has 1 heterocycles. The molecule has 1 N–H and O–H groups in total. The molecule has 6 heteroatoms. The summed E-state index contributed by atoms with van der Waals surface area (Å²) in [5, 5.41) is 7.34. The second kappa shape index (κ2) is 7.11. The summed E-state index contributed by atoms with van der Waals surface area (Å²) in [5.74, 6) is -0.955. The molecule has 0 unspecified atom stereocenters. The van der Waals surface area contributed by atoms with Crippen LogP contribution in [0, 0.1) is 5.82 Å². The van der Waals surface area contributed by atoms with Crippen LogP contribution in [-0.4, -0.2) is 21.7 Å². The van der Waals surface area contributed by atoms with Crippen molar-refractivity contribution in [1.82, 2.24) is 15.1 Å². The van der Waals surface area contributed by atoms with E-state index in [1.165, 1.54) is 31.0 Å². The van der Waals surface area contributed by atoms with Crippen molar-refractivity contribution in [1.29, 1.82) is 0 Å². The Morgan fingerprint density at radius 3 is 2.67 bits per heavy atom. The average Bonchev–Trinajstić information content (AvgIpc) is 2.84. The Morgan fingerprint density at radius 2 is 2.00 bits per heavy atom. The van der Waals surface area contributed by atoms with Gasteiger partial charge in [-0.15, -0.1) is 0 Å². The number of aromatic nitrogens is 2. The minimum atomic E-state index is -0.514. The van der Waals surface area contributed by atoms with Crippen LogP contribution in [0.25, 0.3) is 10.9 Å². The summed E-state index contributed by atoms with van der Waals surface area (Å²) in [5.41, 5.74) is -0.130. The van der Waals surface area contributed by atoms with Gasteiger partial charge in [-0.3, -0.25) is 14.3 Å². The van der Waals surface area contributed by atoms with Crippen LogP contribution in [0.5, 0.6) is 0 Å². The largest absolute Gasteiger partial charge is 0.348 e. The number of hydrogen-bond acceptors (Lipinski definition) is 3. The van der Waals surface area contributed by atoms with Crippen molar-refractivity contribution in [3.63, 3.8) is 0 Å². The Labute approximate surface area is 139 Å². The molecule has 2 aromatic rings. The Balaban J connectivity index is 1.97. The van der Waals surface area contributed by atoms with Gasteiger partial charge in [0.25, 0.3) is 5.91 Å². The number of nitrogens with one attached hydrogen (secondary N) is 1.